The minimum Gasteiger partial charge on any atom is -0.396 e. The lowest BCUT2D eigenvalue weighted by atomic mass is 10.1. The van der Waals surface area contributed by atoms with Crippen LogP contribution in [0.4, 0.5) is 5.69 Å². The number of aliphatic hydroxyl groups is 1. The fourth-order valence-electron chi connectivity index (χ4n) is 2.20. The number of ether oxygens (including phenoxy) is 1. The number of benzene rings is 1. The van der Waals surface area contributed by atoms with Gasteiger partial charge in [0.2, 0.25) is 5.13 Å². The number of hydrogen-bond donors (Lipinski definition) is 2. The number of rotatable bonds is 4. The summed E-state index contributed by atoms with van der Waals surface area (Å²) >= 11 is 1.37. The predicted octanol–water partition coefficient (Wildman–Crippen LogP) is 3.38. The molecule has 2 heterocycles. The predicted molar refractivity (Wildman–Crippen MR) is 94.9 cm³/mol. The van der Waals surface area contributed by atoms with Crippen molar-refractivity contribution in [2.24, 2.45) is 0 Å². The van der Waals surface area contributed by atoms with Crippen LogP contribution < -0.4 is 5.73 Å². The summed E-state index contributed by atoms with van der Waals surface area (Å²) in [4.78, 5) is 4.40. The van der Waals surface area contributed by atoms with Gasteiger partial charge in [0.15, 0.2) is 6.29 Å². The number of nitrogen functional groups attached to an aromatic ring is 1. The molecule has 0 radical (unpaired) electrons. The van der Waals surface area contributed by atoms with E-state index in [-0.39, 0.29) is 0 Å². The largest absolute Gasteiger partial charge is 0.396 e. The van der Waals surface area contributed by atoms with Gasteiger partial charge in [0.1, 0.15) is 11.4 Å². The van der Waals surface area contributed by atoms with Crippen LogP contribution in [0.15, 0.2) is 41.9 Å². The number of aromatic nitrogens is 3. The van der Waals surface area contributed by atoms with Crippen LogP contribution in [0.3, 0.4) is 0 Å². The summed E-state index contributed by atoms with van der Waals surface area (Å²) in [5, 5.41) is 17.0. The molecule has 2 aromatic heterocycles. The third kappa shape index (κ3) is 3.64. The van der Waals surface area contributed by atoms with Gasteiger partial charge in [-0.25, -0.2) is 9.67 Å². The smallest absolute Gasteiger partial charge is 0.210 e. The highest BCUT2D eigenvalue weighted by molar-refractivity contribution is 7.12. The molecule has 0 aliphatic carbocycles. The topological polar surface area (TPSA) is 86.2 Å². The average Bonchev–Trinajstić information content (AvgIpc) is 3.13. The highest BCUT2D eigenvalue weighted by Gasteiger charge is 2.21. The number of aliphatic hydroxyl groups excluding tert-OH is 1. The summed E-state index contributed by atoms with van der Waals surface area (Å²) in [6.45, 7) is 5.64. The Morgan fingerprint density at radius 3 is 2.62 bits per heavy atom. The van der Waals surface area contributed by atoms with Crippen LogP contribution in [0.25, 0.3) is 16.4 Å². The van der Waals surface area contributed by atoms with E-state index in [0.717, 1.165) is 5.56 Å². The molecule has 0 saturated heterocycles. The van der Waals surface area contributed by atoms with Gasteiger partial charge in [0.25, 0.3) is 0 Å². The Labute approximate surface area is 144 Å². The number of anilines is 1. The van der Waals surface area contributed by atoms with E-state index in [9.17, 15) is 5.11 Å². The Balaban J connectivity index is 1.86. The summed E-state index contributed by atoms with van der Waals surface area (Å²) in [5.41, 5.74) is 8.31. The van der Waals surface area contributed by atoms with Gasteiger partial charge in [-0.3, -0.25) is 0 Å². The Bertz CT molecular complexity index is 821. The van der Waals surface area contributed by atoms with E-state index in [2.05, 4.69) is 10.1 Å². The first-order valence-electron chi connectivity index (χ1n) is 7.56. The first kappa shape index (κ1) is 16.6. The minimum absolute atomic E-state index is 0.459. The Morgan fingerprint density at radius 2 is 1.96 bits per heavy atom. The molecule has 24 heavy (non-hydrogen) atoms. The molecule has 0 amide bonds. The molecule has 0 fully saturated rings. The normalized spacial score (nSPS) is 13.2. The van der Waals surface area contributed by atoms with Crippen molar-refractivity contribution < 1.29 is 9.84 Å². The zero-order valence-corrected chi connectivity index (χ0v) is 14.6. The number of nitrogens with two attached hydrogens (primary N) is 1. The molecule has 0 aliphatic heterocycles. The molecule has 1 aromatic carbocycles. The van der Waals surface area contributed by atoms with Crippen molar-refractivity contribution in [1.82, 2.24) is 14.8 Å². The molecule has 0 bridgehead atoms. The van der Waals surface area contributed by atoms with Gasteiger partial charge in [-0.05, 0) is 20.8 Å². The van der Waals surface area contributed by atoms with Crippen molar-refractivity contribution in [2.45, 2.75) is 32.7 Å². The molecule has 1 atom stereocenters. The van der Waals surface area contributed by atoms with Gasteiger partial charge in [0, 0.05) is 10.9 Å². The van der Waals surface area contributed by atoms with Crippen molar-refractivity contribution >= 4 is 17.0 Å². The van der Waals surface area contributed by atoms with Crippen molar-refractivity contribution in [1.29, 1.82) is 0 Å². The zero-order valence-electron chi connectivity index (χ0n) is 13.8. The van der Waals surface area contributed by atoms with Gasteiger partial charge in [-0.2, -0.15) is 5.10 Å². The highest BCUT2D eigenvalue weighted by atomic mass is 32.1. The lowest BCUT2D eigenvalue weighted by Gasteiger charge is -2.22. The first-order chi connectivity index (χ1) is 11.3. The number of nitrogens with zero attached hydrogens (tertiary/aromatic N) is 3. The summed E-state index contributed by atoms with van der Waals surface area (Å²) in [6, 6.07) is 9.74. The molecule has 0 aliphatic rings. The summed E-state index contributed by atoms with van der Waals surface area (Å²) < 4.78 is 7.14. The lowest BCUT2D eigenvalue weighted by molar-refractivity contribution is -0.171. The monoisotopic (exact) mass is 344 g/mol. The molecular formula is C17H20N4O2S. The van der Waals surface area contributed by atoms with Crippen molar-refractivity contribution in [2.75, 3.05) is 5.73 Å². The third-order valence-corrected chi connectivity index (χ3v) is 4.06. The van der Waals surface area contributed by atoms with Crippen LogP contribution in [-0.4, -0.2) is 25.5 Å². The van der Waals surface area contributed by atoms with Gasteiger partial charge in [-0.1, -0.05) is 30.3 Å². The molecule has 1 unspecified atom stereocenters. The van der Waals surface area contributed by atoms with Gasteiger partial charge in [0.05, 0.1) is 17.5 Å². The minimum atomic E-state index is -1.07. The van der Waals surface area contributed by atoms with E-state index in [0.29, 0.717) is 22.2 Å². The maximum absolute atomic E-state index is 10.1. The summed E-state index contributed by atoms with van der Waals surface area (Å²) in [6.07, 6.45) is 0.651. The van der Waals surface area contributed by atoms with Crippen LogP contribution in [0.2, 0.25) is 0 Å². The SMILES string of the molecule is CC(C)(C)OC(O)c1csc(-n2cc(N)c(-c3ccccc3)n2)n1. The van der Waals surface area contributed by atoms with E-state index < -0.39 is 11.9 Å². The summed E-state index contributed by atoms with van der Waals surface area (Å²) in [5.74, 6) is 0. The maximum Gasteiger partial charge on any atom is 0.210 e. The fourth-order valence-corrected chi connectivity index (χ4v) is 2.95. The molecule has 6 nitrogen and oxygen atoms in total. The van der Waals surface area contributed by atoms with E-state index in [1.54, 1.807) is 16.3 Å². The molecular weight excluding hydrogens is 324 g/mol. The fraction of sp³-hybridized carbons (Fsp3) is 0.294. The van der Waals surface area contributed by atoms with Gasteiger partial charge < -0.3 is 15.6 Å². The number of thiazole rings is 1. The molecule has 3 N–H and O–H groups in total. The quantitative estimate of drug-likeness (QED) is 0.709. The van der Waals surface area contributed by atoms with E-state index >= 15 is 0 Å². The Kier molecular flexibility index (Phi) is 4.40. The molecule has 3 aromatic rings. The first-order valence-corrected chi connectivity index (χ1v) is 8.44. The molecule has 126 valence electrons. The zero-order chi connectivity index (χ0) is 17.3. The Hall–Kier alpha value is -2.22. The van der Waals surface area contributed by atoms with Crippen LogP contribution in [0.5, 0.6) is 0 Å². The van der Waals surface area contributed by atoms with Crippen LogP contribution in [0.1, 0.15) is 32.8 Å². The Morgan fingerprint density at radius 1 is 1.25 bits per heavy atom. The second-order valence-corrected chi connectivity index (χ2v) is 7.22. The van der Waals surface area contributed by atoms with Crippen molar-refractivity contribution in [3.63, 3.8) is 0 Å². The van der Waals surface area contributed by atoms with E-state index in [4.69, 9.17) is 10.5 Å². The highest BCUT2D eigenvalue weighted by Crippen LogP contribution is 2.28. The molecule has 7 heteroatoms. The number of hydrogen-bond acceptors (Lipinski definition) is 6. The second kappa shape index (κ2) is 6.35. The van der Waals surface area contributed by atoms with E-state index in [1.165, 1.54) is 11.3 Å². The van der Waals surface area contributed by atoms with Gasteiger partial charge >= 0.3 is 0 Å². The lowest BCUT2D eigenvalue weighted by Crippen LogP contribution is -2.22. The van der Waals surface area contributed by atoms with Crippen molar-refractivity contribution in [3.05, 3.63) is 47.6 Å². The second-order valence-electron chi connectivity index (χ2n) is 6.38. The third-order valence-electron chi connectivity index (χ3n) is 3.21. The average molecular weight is 344 g/mol. The van der Waals surface area contributed by atoms with Crippen molar-refractivity contribution in [3.8, 4) is 16.4 Å². The van der Waals surface area contributed by atoms with Crippen LogP contribution in [0, 0.1) is 0 Å². The maximum atomic E-state index is 10.1. The molecule has 3 rings (SSSR count). The molecule has 0 spiro atoms. The standard InChI is InChI=1S/C17H20N4O2S/c1-17(2,3)23-15(22)13-10-24-16(19-13)21-9-12(18)14(20-21)11-7-5-4-6-8-11/h4-10,15,22H,18H2,1-3H3. The van der Waals surface area contributed by atoms with Gasteiger partial charge in [-0.15, -0.1) is 11.3 Å². The van der Waals surface area contributed by atoms with Crippen LogP contribution in [-0.2, 0) is 4.74 Å². The molecule has 0 saturated carbocycles. The summed E-state index contributed by atoms with van der Waals surface area (Å²) in [7, 11) is 0. The van der Waals surface area contributed by atoms with Crippen LogP contribution >= 0.6 is 11.3 Å². The van der Waals surface area contributed by atoms with E-state index in [1.807, 2.05) is 51.1 Å².